The van der Waals surface area contributed by atoms with E-state index in [1.54, 1.807) is 7.11 Å². The van der Waals surface area contributed by atoms with Crippen LogP contribution in [0.2, 0.25) is 0 Å². The van der Waals surface area contributed by atoms with Gasteiger partial charge in [0, 0.05) is 52.0 Å². The highest BCUT2D eigenvalue weighted by Gasteiger charge is 2.21. The number of hydrogen-bond donors (Lipinski definition) is 0. The van der Waals surface area contributed by atoms with Crippen molar-refractivity contribution < 1.29 is 9.53 Å². The molecule has 1 aliphatic rings. The minimum Gasteiger partial charge on any atom is -0.385 e. The molecule has 1 heterocycles. The minimum atomic E-state index is 0.158. The minimum absolute atomic E-state index is 0.158. The van der Waals surface area contributed by atoms with Gasteiger partial charge in [0.2, 0.25) is 0 Å². The first-order valence-electron chi connectivity index (χ1n) is 7.28. The maximum atomic E-state index is 12.4. The molecule has 0 saturated carbocycles. The fourth-order valence-corrected chi connectivity index (χ4v) is 2.57. The lowest BCUT2D eigenvalue weighted by Crippen LogP contribution is -2.48. The van der Waals surface area contributed by atoms with E-state index in [0.717, 1.165) is 56.9 Å². The molecule has 0 aliphatic carbocycles. The van der Waals surface area contributed by atoms with Crippen molar-refractivity contribution in [3.05, 3.63) is 35.4 Å². The molecule has 0 spiro atoms. The second-order valence-electron chi connectivity index (χ2n) is 5.35. The third-order valence-electron chi connectivity index (χ3n) is 3.75. The van der Waals surface area contributed by atoms with Crippen molar-refractivity contribution in [2.45, 2.75) is 13.3 Å². The van der Waals surface area contributed by atoms with Gasteiger partial charge in [0.15, 0.2) is 0 Å². The largest absolute Gasteiger partial charge is 0.385 e. The lowest BCUT2D eigenvalue weighted by atomic mass is 10.1. The lowest BCUT2D eigenvalue weighted by molar-refractivity contribution is 0.0624. The second kappa shape index (κ2) is 7.41. The fourth-order valence-electron chi connectivity index (χ4n) is 2.57. The Kier molecular flexibility index (Phi) is 5.56. The van der Waals surface area contributed by atoms with Gasteiger partial charge in [-0.05, 0) is 25.5 Å². The molecule has 0 atom stereocenters. The monoisotopic (exact) mass is 276 g/mol. The third-order valence-corrected chi connectivity index (χ3v) is 3.75. The van der Waals surface area contributed by atoms with E-state index < -0.39 is 0 Å². The van der Waals surface area contributed by atoms with Crippen LogP contribution in [-0.2, 0) is 4.74 Å². The standard InChI is InChI=1S/C16H24N2O2/c1-14-5-3-6-15(13-14)16(19)18-10-8-17(9-11-18)7-4-12-20-2/h3,5-6,13H,4,7-12H2,1-2H3. The molecule has 2 rings (SSSR count). The van der Waals surface area contributed by atoms with Crippen LogP contribution in [-0.4, -0.2) is 62.1 Å². The molecule has 0 bridgehead atoms. The van der Waals surface area contributed by atoms with Crippen molar-refractivity contribution in [3.8, 4) is 0 Å². The molecule has 0 aromatic heterocycles. The van der Waals surface area contributed by atoms with E-state index in [0.29, 0.717) is 0 Å². The van der Waals surface area contributed by atoms with Gasteiger partial charge >= 0.3 is 0 Å². The average Bonchev–Trinajstić information content (AvgIpc) is 2.47. The van der Waals surface area contributed by atoms with Gasteiger partial charge in [0.1, 0.15) is 0 Å². The molecule has 1 aromatic carbocycles. The summed E-state index contributed by atoms with van der Waals surface area (Å²) in [6.45, 7) is 7.44. The van der Waals surface area contributed by atoms with Gasteiger partial charge in [-0.2, -0.15) is 0 Å². The fraction of sp³-hybridized carbons (Fsp3) is 0.562. The Morgan fingerprint density at radius 1 is 1.25 bits per heavy atom. The predicted molar refractivity (Wildman–Crippen MR) is 80.0 cm³/mol. The van der Waals surface area contributed by atoms with Gasteiger partial charge in [0.05, 0.1) is 0 Å². The summed E-state index contributed by atoms with van der Waals surface area (Å²) in [4.78, 5) is 16.8. The zero-order chi connectivity index (χ0) is 14.4. The predicted octanol–water partition coefficient (Wildman–Crippen LogP) is 1.79. The lowest BCUT2D eigenvalue weighted by Gasteiger charge is -2.34. The van der Waals surface area contributed by atoms with Crippen LogP contribution in [0.3, 0.4) is 0 Å². The molecule has 110 valence electrons. The molecule has 1 aliphatic heterocycles. The number of nitrogens with zero attached hydrogens (tertiary/aromatic N) is 2. The van der Waals surface area contributed by atoms with E-state index >= 15 is 0 Å². The highest BCUT2D eigenvalue weighted by molar-refractivity contribution is 5.94. The van der Waals surface area contributed by atoms with E-state index in [1.807, 2.05) is 36.1 Å². The van der Waals surface area contributed by atoms with Crippen LogP contribution in [0.25, 0.3) is 0 Å². The Morgan fingerprint density at radius 3 is 2.65 bits per heavy atom. The summed E-state index contributed by atoms with van der Waals surface area (Å²) < 4.78 is 5.07. The number of carbonyl (C=O) groups is 1. The van der Waals surface area contributed by atoms with Crippen LogP contribution in [0.4, 0.5) is 0 Å². The van der Waals surface area contributed by atoms with E-state index in [4.69, 9.17) is 4.74 Å². The maximum Gasteiger partial charge on any atom is 0.253 e. The van der Waals surface area contributed by atoms with Crippen LogP contribution in [0.15, 0.2) is 24.3 Å². The van der Waals surface area contributed by atoms with Gasteiger partial charge in [-0.1, -0.05) is 17.7 Å². The van der Waals surface area contributed by atoms with Crippen LogP contribution in [0.5, 0.6) is 0 Å². The summed E-state index contributed by atoms with van der Waals surface area (Å²) in [6.07, 6.45) is 1.06. The normalized spacial score (nSPS) is 16.4. The molecular weight excluding hydrogens is 252 g/mol. The second-order valence-corrected chi connectivity index (χ2v) is 5.35. The summed E-state index contributed by atoms with van der Waals surface area (Å²) in [7, 11) is 1.73. The van der Waals surface area contributed by atoms with Crippen molar-refractivity contribution in [1.29, 1.82) is 0 Å². The number of ether oxygens (including phenoxy) is 1. The number of aryl methyl sites for hydroxylation is 1. The van der Waals surface area contributed by atoms with Gasteiger partial charge < -0.3 is 9.64 Å². The quantitative estimate of drug-likeness (QED) is 0.769. The van der Waals surface area contributed by atoms with Crippen LogP contribution in [0, 0.1) is 6.92 Å². The first kappa shape index (κ1) is 15.0. The average molecular weight is 276 g/mol. The van der Waals surface area contributed by atoms with E-state index in [-0.39, 0.29) is 5.91 Å². The Labute approximate surface area is 121 Å². The maximum absolute atomic E-state index is 12.4. The van der Waals surface area contributed by atoms with Crippen molar-refractivity contribution in [2.24, 2.45) is 0 Å². The number of benzene rings is 1. The molecule has 1 saturated heterocycles. The SMILES string of the molecule is COCCCN1CCN(C(=O)c2cccc(C)c2)CC1. The topological polar surface area (TPSA) is 32.8 Å². The van der Waals surface area contributed by atoms with Crippen molar-refractivity contribution in [2.75, 3.05) is 46.4 Å². The smallest absolute Gasteiger partial charge is 0.253 e. The van der Waals surface area contributed by atoms with E-state index in [9.17, 15) is 4.79 Å². The summed E-state index contributed by atoms with van der Waals surface area (Å²) in [6, 6.07) is 7.83. The molecule has 0 radical (unpaired) electrons. The summed E-state index contributed by atoms with van der Waals surface area (Å²) in [5.41, 5.74) is 1.94. The van der Waals surface area contributed by atoms with Crippen molar-refractivity contribution >= 4 is 5.91 Å². The first-order chi connectivity index (χ1) is 9.70. The molecule has 4 nitrogen and oxygen atoms in total. The Hall–Kier alpha value is -1.39. The van der Waals surface area contributed by atoms with Crippen molar-refractivity contribution in [1.82, 2.24) is 9.80 Å². The van der Waals surface area contributed by atoms with Crippen LogP contribution in [0.1, 0.15) is 22.3 Å². The molecule has 1 amide bonds. The molecule has 4 heteroatoms. The molecule has 1 aromatic rings. The van der Waals surface area contributed by atoms with E-state index in [2.05, 4.69) is 4.90 Å². The molecule has 20 heavy (non-hydrogen) atoms. The molecule has 0 N–H and O–H groups in total. The number of carbonyl (C=O) groups excluding carboxylic acids is 1. The molecule has 0 unspecified atom stereocenters. The van der Waals surface area contributed by atoms with E-state index in [1.165, 1.54) is 0 Å². The van der Waals surface area contributed by atoms with Crippen LogP contribution < -0.4 is 0 Å². The summed E-state index contributed by atoms with van der Waals surface area (Å²) in [5, 5.41) is 0. The number of amides is 1. The zero-order valence-electron chi connectivity index (χ0n) is 12.5. The summed E-state index contributed by atoms with van der Waals surface area (Å²) >= 11 is 0. The number of methoxy groups -OCH3 is 1. The first-order valence-corrected chi connectivity index (χ1v) is 7.28. The highest BCUT2D eigenvalue weighted by Crippen LogP contribution is 2.10. The van der Waals surface area contributed by atoms with Gasteiger partial charge in [-0.15, -0.1) is 0 Å². The summed E-state index contributed by atoms with van der Waals surface area (Å²) in [5.74, 6) is 0.158. The zero-order valence-corrected chi connectivity index (χ0v) is 12.5. The van der Waals surface area contributed by atoms with Gasteiger partial charge in [-0.3, -0.25) is 9.69 Å². The number of rotatable bonds is 5. The van der Waals surface area contributed by atoms with Gasteiger partial charge in [-0.25, -0.2) is 0 Å². The number of hydrogen-bond acceptors (Lipinski definition) is 3. The Morgan fingerprint density at radius 2 is 2.00 bits per heavy atom. The highest BCUT2D eigenvalue weighted by atomic mass is 16.5. The number of piperazine rings is 1. The van der Waals surface area contributed by atoms with Crippen LogP contribution >= 0.6 is 0 Å². The Balaban J connectivity index is 1.83. The Bertz CT molecular complexity index is 440. The third kappa shape index (κ3) is 4.05. The van der Waals surface area contributed by atoms with Gasteiger partial charge in [0.25, 0.3) is 5.91 Å². The molecular formula is C16H24N2O2. The molecule has 1 fully saturated rings. The van der Waals surface area contributed by atoms with Crippen molar-refractivity contribution in [3.63, 3.8) is 0 Å².